The van der Waals surface area contributed by atoms with Crippen LogP contribution in [0.2, 0.25) is 5.02 Å². The number of para-hydroxylation sites is 1. The van der Waals surface area contributed by atoms with Crippen LogP contribution in [-0.4, -0.2) is 19.5 Å². The van der Waals surface area contributed by atoms with E-state index in [4.69, 9.17) is 11.6 Å². The van der Waals surface area contributed by atoms with E-state index in [1.165, 1.54) is 0 Å². The highest BCUT2D eigenvalue weighted by Crippen LogP contribution is 2.21. The van der Waals surface area contributed by atoms with Crippen LogP contribution in [0.3, 0.4) is 0 Å². The number of halogens is 1. The molecule has 2 N–H and O–H groups in total. The predicted molar refractivity (Wildman–Crippen MR) is 83.5 cm³/mol. The lowest BCUT2D eigenvalue weighted by Crippen LogP contribution is -2.17. The summed E-state index contributed by atoms with van der Waals surface area (Å²) in [6.45, 7) is 0.830. The number of benzene rings is 2. The minimum Gasteiger partial charge on any atom is -0.321 e. The molecule has 20 heavy (non-hydrogen) atoms. The second kappa shape index (κ2) is 7.08. The number of likely N-dealkylation sites (N-methyl/N-ethyl adjacent to an activating group) is 1. The van der Waals surface area contributed by atoms with Crippen LogP contribution < -0.4 is 10.6 Å². The molecule has 0 saturated heterocycles. The molecule has 2 aromatic rings. The van der Waals surface area contributed by atoms with E-state index in [9.17, 15) is 4.79 Å². The Kier molecular flexibility index (Phi) is 5.16. The van der Waals surface area contributed by atoms with Gasteiger partial charge >= 0.3 is 0 Å². The molecule has 0 saturated carbocycles. The Morgan fingerprint density at radius 2 is 1.80 bits per heavy atom. The number of rotatable bonds is 5. The predicted octanol–water partition coefficient (Wildman–Crippen LogP) is 3.35. The molecule has 0 atom stereocenters. The fraction of sp³-hybridized carbons (Fsp3) is 0.188. The van der Waals surface area contributed by atoms with Crippen LogP contribution in [0.4, 0.5) is 5.69 Å². The van der Waals surface area contributed by atoms with E-state index in [-0.39, 0.29) is 5.91 Å². The first-order valence-corrected chi connectivity index (χ1v) is 6.88. The van der Waals surface area contributed by atoms with Gasteiger partial charge in [0.2, 0.25) is 0 Å². The Morgan fingerprint density at radius 1 is 1.10 bits per heavy atom. The molecule has 1 amide bonds. The molecular weight excluding hydrogens is 272 g/mol. The van der Waals surface area contributed by atoms with E-state index in [1.54, 1.807) is 12.1 Å². The van der Waals surface area contributed by atoms with Crippen molar-refractivity contribution >= 4 is 23.2 Å². The third-order valence-corrected chi connectivity index (χ3v) is 3.36. The van der Waals surface area contributed by atoms with Crippen molar-refractivity contribution in [3.05, 3.63) is 64.7 Å². The highest BCUT2D eigenvalue weighted by Gasteiger charge is 2.11. The molecule has 0 radical (unpaired) electrons. The SMILES string of the molecule is CNCCc1ccccc1C(=O)Nc1ccccc1Cl. The molecule has 0 heterocycles. The number of anilines is 1. The first-order valence-electron chi connectivity index (χ1n) is 6.50. The summed E-state index contributed by atoms with van der Waals surface area (Å²) in [5, 5.41) is 6.48. The van der Waals surface area contributed by atoms with Gasteiger partial charge in [0.25, 0.3) is 5.91 Å². The van der Waals surface area contributed by atoms with Crippen LogP contribution in [0, 0.1) is 0 Å². The molecule has 0 spiro atoms. The first-order chi connectivity index (χ1) is 9.72. The van der Waals surface area contributed by atoms with Crippen LogP contribution in [0.25, 0.3) is 0 Å². The van der Waals surface area contributed by atoms with Crippen LogP contribution in [0.1, 0.15) is 15.9 Å². The maximum Gasteiger partial charge on any atom is 0.255 e. The molecule has 4 heteroatoms. The van der Waals surface area contributed by atoms with E-state index in [2.05, 4.69) is 10.6 Å². The zero-order valence-electron chi connectivity index (χ0n) is 11.3. The number of carbonyl (C=O) groups excluding carboxylic acids is 1. The largest absolute Gasteiger partial charge is 0.321 e. The smallest absolute Gasteiger partial charge is 0.255 e. The van der Waals surface area contributed by atoms with Gasteiger partial charge in [0.1, 0.15) is 0 Å². The summed E-state index contributed by atoms with van der Waals surface area (Å²) in [5.74, 6) is -0.134. The molecule has 104 valence electrons. The van der Waals surface area contributed by atoms with Gasteiger partial charge in [0.15, 0.2) is 0 Å². The number of amides is 1. The van der Waals surface area contributed by atoms with Gasteiger partial charge in [0.05, 0.1) is 10.7 Å². The summed E-state index contributed by atoms with van der Waals surface area (Å²) in [4.78, 5) is 12.4. The van der Waals surface area contributed by atoms with Gasteiger partial charge in [-0.2, -0.15) is 0 Å². The molecule has 0 aliphatic rings. The van der Waals surface area contributed by atoms with Crippen molar-refractivity contribution in [3.63, 3.8) is 0 Å². The Bertz CT molecular complexity index is 599. The Labute approximate surface area is 124 Å². The molecule has 2 rings (SSSR count). The Balaban J connectivity index is 2.19. The lowest BCUT2D eigenvalue weighted by Gasteiger charge is -2.11. The zero-order chi connectivity index (χ0) is 14.4. The number of carbonyl (C=O) groups is 1. The first kappa shape index (κ1) is 14.6. The molecule has 0 fully saturated rings. The van der Waals surface area contributed by atoms with Gasteiger partial charge < -0.3 is 10.6 Å². The van der Waals surface area contributed by atoms with E-state index in [0.717, 1.165) is 18.5 Å². The van der Waals surface area contributed by atoms with Gasteiger partial charge in [-0.1, -0.05) is 41.9 Å². The molecule has 0 aliphatic heterocycles. The van der Waals surface area contributed by atoms with Crippen molar-refractivity contribution < 1.29 is 4.79 Å². The number of nitrogens with one attached hydrogen (secondary N) is 2. The summed E-state index contributed by atoms with van der Waals surface area (Å²) in [5.41, 5.74) is 2.33. The van der Waals surface area contributed by atoms with E-state index in [1.807, 2.05) is 43.4 Å². The molecule has 3 nitrogen and oxygen atoms in total. The average molecular weight is 289 g/mol. The Morgan fingerprint density at radius 3 is 2.55 bits per heavy atom. The summed E-state index contributed by atoms with van der Waals surface area (Å²) in [6.07, 6.45) is 0.808. The molecule has 2 aromatic carbocycles. The maximum absolute atomic E-state index is 12.4. The van der Waals surface area contributed by atoms with Crippen molar-refractivity contribution in [2.24, 2.45) is 0 Å². The molecule has 0 unspecified atom stereocenters. The second-order valence-corrected chi connectivity index (χ2v) is 4.85. The standard InChI is InChI=1S/C16H17ClN2O/c1-18-11-10-12-6-2-3-7-13(12)16(20)19-15-9-5-4-8-14(15)17/h2-9,18H,10-11H2,1H3,(H,19,20). The van der Waals surface area contributed by atoms with Gasteiger partial charge in [-0.25, -0.2) is 0 Å². The monoisotopic (exact) mass is 288 g/mol. The van der Waals surface area contributed by atoms with Crippen molar-refractivity contribution in [1.29, 1.82) is 0 Å². The van der Waals surface area contributed by atoms with Gasteiger partial charge in [-0.05, 0) is 43.8 Å². The third kappa shape index (κ3) is 3.59. The summed E-state index contributed by atoms with van der Waals surface area (Å²) in [7, 11) is 1.90. The zero-order valence-corrected chi connectivity index (χ0v) is 12.1. The van der Waals surface area contributed by atoms with Gasteiger partial charge in [-0.3, -0.25) is 4.79 Å². The van der Waals surface area contributed by atoms with Gasteiger partial charge in [0, 0.05) is 5.56 Å². The average Bonchev–Trinajstić information content (AvgIpc) is 2.47. The highest BCUT2D eigenvalue weighted by molar-refractivity contribution is 6.33. The van der Waals surface area contributed by atoms with E-state index >= 15 is 0 Å². The Hall–Kier alpha value is -1.84. The summed E-state index contributed by atoms with van der Waals surface area (Å²) in [6, 6.07) is 14.8. The highest BCUT2D eigenvalue weighted by atomic mass is 35.5. The van der Waals surface area contributed by atoms with Crippen molar-refractivity contribution in [2.75, 3.05) is 18.9 Å². The number of hydrogen-bond acceptors (Lipinski definition) is 2. The second-order valence-electron chi connectivity index (χ2n) is 4.44. The van der Waals surface area contributed by atoms with Crippen molar-refractivity contribution in [3.8, 4) is 0 Å². The summed E-state index contributed by atoms with van der Waals surface area (Å²) >= 11 is 6.05. The molecule has 0 aromatic heterocycles. The lowest BCUT2D eigenvalue weighted by atomic mass is 10.0. The van der Waals surface area contributed by atoms with Crippen LogP contribution in [0.15, 0.2) is 48.5 Å². The van der Waals surface area contributed by atoms with Crippen LogP contribution >= 0.6 is 11.6 Å². The van der Waals surface area contributed by atoms with Crippen LogP contribution in [0.5, 0.6) is 0 Å². The van der Waals surface area contributed by atoms with Crippen molar-refractivity contribution in [1.82, 2.24) is 5.32 Å². The minimum atomic E-state index is -0.134. The normalized spacial score (nSPS) is 10.3. The van der Waals surface area contributed by atoms with E-state index in [0.29, 0.717) is 16.3 Å². The fourth-order valence-electron chi connectivity index (χ4n) is 1.97. The van der Waals surface area contributed by atoms with E-state index < -0.39 is 0 Å². The third-order valence-electron chi connectivity index (χ3n) is 3.03. The topological polar surface area (TPSA) is 41.1 Å². The molecule has 0 bridgehead atoms. The van der Waals surface area contributed by atoms with Gasteiger partial charge in [-0.15, -0.1) is 0 Å². The number of hydrogen-bond donors (Lipinski definition) is 2. The minimum absolute atomic E-state index is 0.134. The summed E-state index contributed by atoms with van der Waals surface area (Å²) < 4.78 is 0. The van der Waals surface area contributed by atoms with Crippen LogP contribution in [-0.2, 0) is 6.42 Å². The lowest BCUT2D eigenvalue weighted by molar-refractivity contribution is 0.102. The fourth-order valence-corrected chi connectivity index (χ4v) is 2.15. The quantitative estimate of drug-likeness (QED) is 0.886. The maximum atomic E-state index is 12.4. The molecule has 0 aliphatic carbocycles. The van der Waals surface area contributed by atoms with Crippen molar-refractivity contribution in [2.45, 2.75) is 6.42 Å². The molecular formula is C16H17ClN2O.